The molecule has 0 fully saturated rings. The number of hydrogen-bond donors (Lipinski definition) is 1. The first-order chi connectivity index (χ1) is 16.5. The molecule has 1 N–H and O–H groups in total. The Labute approximate surface area is 196 Å². The zero-order chi connectivity index (χ0) is 23.4. The van der Waals surface area contributed by atoms with Gasteiger partial charge in [-0.25, -0.2) is 9.78 Å². The maximum Gasteiger partial charge on any atom is 0.343 e. The molecule has 4 heterocycles. The SMILES string of the molecule is CC[C@@]1(O)C(=O)OCc2c1cc1n(c2=O)Cc2c-1nc1ccccc1c2CCc1ccccc1. The van der Waals surface area contributed by atoms with Crippen molar-refractivity contribution in [3.05, 3.63) is 98.8 Å². The molecular weight excluding hydrogens is 428 g/mol. The number of aryl methyl sites for hydroxylation is 2. The third kappa shape index (κ3) is 2.95. The molecular formula is C28H24N2O4. The van der Waals surface area contributed by atoms with Gasteiger partial charge in [0.25, 0.3) is 5.56 Å². The van der Waals surface area contributed by atoms with E-state index in [2.05, 4.69) is 18.2 Å². The second kappa shape index (κ2) is 7.64. The lowest BCUT2D eigenvalue weighted by Crippen LogP contribution is -2.44. The molecule has 6 heteroatoms. The van der Waals surface area contributed by atoms with Gasteiger partial charge >= 0.3 is 5.97 Å². The number of hydrogen-bond acceptors (Lipinski definition) is 5. The molecule has 2 aliphatic rings. The molecule has 34 heavy (non-hydrogen) atoms. The van der Waals surface area contributed by atoms with Crippen molar-refractivity contribution in [2.45, 2.75) is 44.9 Å². The van der Waals surface area contributed by atoms with E-state index in [9.17, 15) is 14.7 Å². The number of esters is 1. The van der Waals surface area contributed by atoms with Crippen LogP contribution in [0.4, 0.5) is 0 Å². The standard InChI is InChI=1S/C28H24N2O4/c1-2-28(33)22-14-24-25-20(15-30(24)26(31)21(22)16-34-27(28)32)18(13-12-17-8-4-3-5-9-17)19-10-6-7-11-23(19)29-25/h3-11,14,33H,2,12-13,15-16H2,1H3/t28-/m0/s1. The van der Waals surface area contributed by atoms with Crippen LogP contribution in [-0.4, -0.2) is 20.6 Å². The van der Waals surface area contributed by atoms with Gasteiger partial charge in [-0.05, 0) is 42.5 Å². The van der Waals surface area contributed by atoms with Crippen molar-refractivity contribution in [1.82, 2.24) is 9.55 Å². The Kier molecular flexibility index (Phi) is 4.67. The molecule has 6 nitrogen and oxygen atoms in total. The normalized spacial score (nSPS) is 18.4. The molecule has 6 rings (SSSR count). The van der Waals surface area contributed by atoms with Crippen LogP contribution in [0.5, 0.6) is 0 Å². The quantitative estimate of drug-likeness (QED) is 0.419. The predicted molar refractivity (Wildman–Crippen MR) is 128 cm³/mol. The monoisotopic (exact) mass is 452 g/mol. The highest BCUT2D eigenvalue weighted by Gasteiger charge is 2.45. The van der Waals surface area contributed by atoms with E-state index in [-0.39, 0.29) is 18.6 Å². The van der Waals surface area contributed by atoms with Gasteiger partial charge in [0.15, 0.2) is 5.60 Å². The van der Waals surface area contributed by atoms with Crippen molar-refractivity contribution < 1.29 is 14.6 Å². The van der Waals surface area contributed by atoms with Crippen LogP contribution in [-0.2, 0) is 41.1 Å². The summed E-state index contributed by atoms with van der Waals surface area (Å²) in [5.41, 5.74) is 4.36. The summed E-state index contributed by atoms with van der Waals surface area (Å²) in [7, 11) is 0. The fourth-order valence-corrected chi connectivity index (χ4v) is 5.31. The minimum Gasteiger partial charge on any atom is -0.458 e. The maximum atomic E-state index is 13.5. The van der Waals surface area contributed by atoms with Crippen LogP contribution in [0.3, 0.4) is 0 Å². The first-order valence-corrected chi connectivity index (χ1v) is 11.6. The van der Waals surface area contributed by atoms with Gasteiger partial charge in [0.2, 0.25) is 0 Å². The summed E-state index contributed by atoms with van der Waals surface area (Å²) < 4.78 is 6.89. The number of para-hydroxylation sites is 1. The fourth-order valence-electron chi connectivity index (χ4n) is 5.31. The molecule has 0 amide bonds. The molecule has 4 aromatic rings. The first kappa shape index (κ1) is 20.8. The van der Waals surface area contributed by atoms with Crippen molar-refractivity contribution in [1.29, 1.82) is 0 Å². The lowest BCUT2D eigenvalue weighted by atomic mass is 9.86. The lowest BCUT2D eigenvalue weighted by molar-refractivity contribution is -0.172. The van der Waals surface area contributed by atoms with Gasteiger partial charge in [-0.3, -0.25) is 4.79 Å². The minimum absolute atomic E-state index is 0.123. The number of aromatic nitrogens is 2. The van der Waals surface area contributed by atoms with Crippen LogP contribution >= 0.6 is 0 Å². The zero-order valence-electron chi connectivity index (χ0n) is 18.9. The number of nitrogens with zero attached hydrogens (tertiary/aromatic N) is 2. The van der Waals surface area contributed by atoms with E-state index in [0.29, 0.717) is 23.4 Å². The summed E-state index contributed by atoms with van der Waals surface area (Å²) in [5, 5.41) is 12.2. The summed E-state index contributed by atoms with van der Waals surface area (Å²) in [5.74, 6) is -0.708. The lowest BCUT2D eigenvalue weighted by Gasteiger charge is -2.31. The van der Waals surface area contributed by atoms with Gasteiger partial charge in [-0.2, -0.15) is 0 Å². The van der Waals surface area contributed by atoms with E-state index in [0.717, 1.165) is 35.0 Å². The molecule has 1 atom stereocenters. The van der Waals surface area contributed by atoms with Crippen LogP contribution in [0.15, 0.2) is 65.5 Å². The minimum atomic E-state index is -1.82. The van der Waals surface area contributed by atoms with Gasteiger partial charge in [0.1, 0.15) is 6.61 Å². The maximum absolute atomic E-state index is 13.5. The van der Waals surface area contributed by atoms with E-state index in [1.807, 2.05) is 36.4 Å². The Hall–Kier alpha value is -3.77. The molecule has 0 radical (unpaired) electrons. The fraction of sp³-hybridized carbons (Fsp3) is 0.250. The highest BCUT2D eigenvalue weighted by molar-refractivity contribution is 5.89. The van der Waals surface area contributed by atoms with E-state index in [4.69, 9.17) is 9.72 Å². The number of ether oxygens (including phenoxy) is 1. The van der Waals surface area contributed by atoms with Crippen molar-refractivity contribution >= 4 is 16.9 Å². The molecule has 0 unspecified atom stereocenters. The molecule has 170 valence electrons. The highest BCUT2D eigenvalue weighted by atomic mass is 16.6. The largest absolute Gasteiger partial charge is 0.458 e. The Bertz CT molecular complexity index is 1520. The summed E-state index contributed by atoms with van der Waals surface area (Å²) in [6, 6.07) is 20.2. The van der Waals surface area contributed by atoms with Gasteiger partial charge in [-0.15, -0.1) is 0 Å². The van der Waals surface area contributed by atoms with Gasteiger partial charge in [-0.1, -0.05) is 55.5 Å². The zero-order valence-corrected chi connectivity index (χ0v) is 18.9. The van der Waals surface area contributed by atoms with E-state index in [1.165, 1.54) is 11.1 Å². The van der Waals surface area contributed by atoms with Crippen molar-refractivity contribution in [3.63, 3.8) is 0 Å². The Balaban J connectivity index is 1.55. The topological polar surface area (TPSA) is 81.4 Å². The van der Waals surface area contributed by atoms with Crippen LogP contribution in [0.2, 0.25) is 0 Å². The average molecular weight is 453 g/mol. The third-order valence-corrected chi connectivity index (χ3v) is 7.22. The molecule has 2 aromatic carbocycles. The molecule has 0 aliphatic carbocycles. The number of aliphatic hydroxyl groups is 1. The first-order valence-electron chi connectivity index (χ1n) is 11.6. The summed E-state index contributed by atoms with van der Waals surface area (Å²) in [6.07, 6.45) is 1.82. The van der Waals surface area contributed by atoms with Crippen molar-refractivity contribution in [2.24, 2.45) is 0 Å². The van der Waals surface area contributed by atoms with Gasteiger partial charge in [0, 0.05) is 16.5 Å². The number of cyclic esters (lactones) is 1. The number of carbonyl (C=O) groups is 1. The van der Waals surface area contributed by atoms with Gasteiger partial charge in [0.05, 0.1) is 29.0 Å². The average Bonchev–Trinajstić information content (AvgIpc) is 3.24. The number of fused-ring (bicyclic) bond motifs is 5. The Morgan fingerprint density at radius 1 is 1.03 bits per heavy atom. The Morgan fingerprint density at radius 3 is 2.59 bits per heavy atom. The number of benzene rings is 2. The highest BCUT2D eigenvalue weighted by Crippen LogP contribution is 2.40. The second-order valence-corrected chi connectivity index (χ2v) is 9.02. The number of rotatable bonds is 4. The van der Waals surface area contributed by atoms with E-state index < -0.39 is 11.6 Å². The summed E-state index contributed by atoms with van der Waals surface area (Å²) in [6.45, 7) is 2.00. The van der Waals surface area contributed by atoms with E-state index >= 15 is 0 Å². The molecule has 2 aromatic heterocycles. The Morgan fingerprint density at radius 2 is 1.79 bits per heavy atom. The summed E-state index contributed by atoms with van der Waals surface area (Å²) >= 11 is 0. The van der Waals surface area contributed by atoms with Crippen LogP contribution in [0.1, 0.15) is 41.2 Å². The van der Waals surface area contributed by atoms with Crippen LogP contribution in [0.25, 0.3) is 22.3 Å². The van der Waals surface area contributed by atoms with Gasteiger partial charge < -0.3 is 14.4 Å². The molecule has 2 aliphatic heterocycles. The van der Waals surface area contributed by atoms with Crippen molar-refractivity contribution in [3.8, 4) is 11.4 Å². The molecule has 0 bridgehead atoms. The second-order valence-electron chi connectivity index (χ2n) is 9.02. The van der Waals surface area contributed by atoms with E-state index in [1.54, 1.807) is 17.6 Å². The van der Waals surface area contributed by atoms with Crippen molar-refractivity contribution in [2.75, 3.05) is 0 Å². The molecule has 0 saturated heterocycles. The van der Waals surface area contributed by atoms with Crippen LogP contribution < -0.4 is 5.56 Å². The predicted octanol–water partition coefficient (Wildman–Crippen LogP) is 3.86. The summed E-state index contributed by atoms with van der Waals surface area (Å²) in [4.78, 5) is 30.9. The smallest absolute Gasteiger partial charge is 0.343 e. The van der Waals surface area contributed by atoms with Crippen LogP contribution in [0, 0.1) is 0 Å². The molecule has 0 saturated carbocycles. The number of carbonyl (C=O) groups excluding carboxylic acids is 1. The third-order valence-electron chi connectivity index (χ3n) is 7.22. The number of pyridine rings is 2. The molecule has 0 spiro atoms.